The third kappa shape index (κ3) is 3.12. The SMILES string of the molecule is Cn1nnnc1-c1cccc(NC(=O)Cc2coc3ccc4ccccc4c23)c1. The highest BCUT2D eigenvalue weighted by Gasteiger charge is 2.14. The third-order valence-corrected chi connectivity index (χ3v) is 4.92. The van der Waals surface area contributed by atoms with Crippen LogP contribution in [-0.4, -0.2) is 26.1 Å². The zero-order chi connectivity index (χ0) is 19.8. The lowest BCUT2D eigenvalue weighted by atomic mass is 10.0. The molecule has 0 saturated heterocycles. The number of nitrogens with zero attached hydrogens (tertiary/aromatic N) is 4. The summed E-state index contributed by atoms with van der Waals surface area (Å²) in [5.41, 5.74) is 3.16. The van der Waals surface area contributed by atoms with Gasteiger partial charge in [-0.1, -0.05) is 42.5 Å². The Kier molecular flexibility index (Phi) is 4.05. The molecule has 0 saturated carbocycles. The molecule has 0 fully saturated rings. The number of amides is 1. The van der Waals surface area contributed by atoms with Gasteiger partial charge < -0.3 is 9.73 Å². The number of carbonyl (C=O) groups is 1. The molecule has 142 valence electrons. The predicted molar refractivity (Wildman–Crippen MR) is 110 cm³/mol. The maximum absolute atomic E-state index is 12.7. The summed E-state index contributed by atoms with van der Waals surface area (Å²) in [6, 6.07) is 19.5. The first kappa shape index (κ1) is 17.1. The molecule has 1 amide bonds. The second-order valence-corrected chi connectivity index (χ2v) is 6.85. The van der Waals surface area contributed by atoms with Crippen LogP contribution < -0.4 is 5.32 Å². The van der Waals surface area contributed by atoms with Gasteiger partial charge in [0.2, 0.25) is 5.91 Å². The number of fused-ring (bicyclic) bond motifs is 3. The number of hydrogen-bond donors (Lipinski definition) is 1. The minimum Gasteiger partial charge on any atom is -0.464 e. The Morgan fingerprint density at radius 3 is 2.86 bits per heavy atom. The quantitative estimate of drug-likeness (QED) is 0.508. The molecule has 7 heteroatoms. The highest BCUT2D eigenvalue weighted by molar-refractivity contribution is 6.09. The number of aryl methyl sites for hydroxylation is 1. The number of anilines is 1. The molecule has 0 aliphatic carbocycles. The monoisotopic (exact) mass is 383 g/mol. The first-order chi connectivity index (χ1) is 14.2. The van der Waals surface area contributed by atoms with Crippen molar-refractivity contribution in [2.24, 2.45) is 7.05 Å². The van der Waals surface area contributed by atoms with Crippen LogP contribution in [0.1, 0.15) is 5.56 Å². The largest absolute Gasteiger partial charge is 0.464 e. The number of tetrazole rings is 1. The predicted octanol–water partition coefficient (Wildman–Crippen LogP) is 3.96. The van der Waals surface area contributed by atoms with E-state index in [1.165, 1.54) is 0 Å². The van der Waals surface area contributed by atoms with E-state index in [0.29, 0.717) is 11.5 Å². The van der Waals surface area contributed by atoms with Crippen LogP contribution in [-0.2, 0) is 18.3 Å². The zero-order valence-electron chi connectivity index (χ0n) is 15.7. The van der Waals surface area contributed by atoms with E-state index in [1.54, 1.807) is 18.0 Å². The molecule has 3 aromatic carbocycles. The van der Waals surface area contributed by atoms with Crippen molar-refractivity contribution in [3.05, 3.63) is 72.5 Å². The van der Waals surface area contributed by atoms with E-state index in [4.69, 9.17) is 4.42 Å². The number of carbonyl (C=O) groups excluding carboxylic acids is 1. The van der Waals surface area contributed by atoms with Crippen molar-refractivity contribution in [3.63, 3.8) is 0 Å². The standard InChI is InChI=1S/C22H17N5O2/c1-27-22(24-25-26-27)15-6-4-7-17(11-15)23-20(28)12-16-13-29-19-10-9-14-5-2-3-8-18(14)21(16)19/h2-11,13H,12H2,1H3,(H,23,28). The van der Waals surface area contributed by atoms with Crippen molar-refractivity contribution in [2.75, 3.05) is 5.32 Å². The number of hydrogen-bond acceptors (Lipinski definition) is 5. The summed E-state index contributed by atoms with van der Waals surface area (Å²) in [5.74, 6) is 0.516. The van der Waals surface area contributed by atoms with Crippen LogP contribution in [0.5, 0.6) is 0 Å². The molecule has 29 heavy (non-hydrogen) atoms. The van der Waals surface area contributed by atoms with E-state index >= 15 is 0 Å². The molecule has 0 spiro atoms. The van der Waals surface area contributed by atoms with Gasteiger partial charge in [0.05, 0.1) is 12.7 Å². The molecule has 0 unspecified atom stereocenters. The lowest BCUT2D eigenvalue weighted by molar-refractivity contribution is -0.115. The molecular formula is C22H17N5O2. The molecule has 5 rings (SSSR count). The Hall–Kier alpha value is -4.00. The van der Waals surface area contributed by atoms with Crippen molar-refractivity contribution < 1.29 is 9.21 Å². The summed E-state index contributed by atoms with van der Waals surface area (Å²) < 4.78 is 7.27. The maximum Gasteiger partial charge on any atom is 0.228 e. The summed E-state index contributed by atoms with van der Waals surface area (Å²) in [6.07, 6.45) is 1.88. The number of furan rings is 1. The van der Waals surface area contributed by atoms with Crippen LogP contribution >= 0.6 is 0 Å². The minimum atomic E-state index is -0.117. The van der Waals surface area contributed by atoms with Crippen molar-refractivity contribution >= 4 is 33.3 Å². The molecule has 7 nitrogen and oxygen atoms in total. The van der Waals surface area contributed by atoms with Crippen LogP contribution in [0.25, 0.3) is 33.1 Å². The fraction of sp³-hybridized carbons (Fsp3) is 0.0909. The van der Waals surface area contributed by atoms with Gasteiger partial charge in [-0.25, -0.2) is 4.68 Å². The van der Waals surface area contributed by atoms with Crippen molar-refractivity contribution in [2.45, 2.75) is 6.42 Å². The van der Waals surface area contributed by atoms with Crippen LogP contribution in [0.2, 0.25) is 0 Å². The van der Waals surface area contributed by atoms with Gasteiger partial charge in [-0.05, 0) is 39.4 Å². The number of benzene rings is 3. The summed E-state index contributed by atoms with van der Waals surface area (Å²) in [5, 5.41) is 17.6. The normalized spacial score (nSPS) is 11.2. The molecule has 1 N–H and O–H groups in total. The average Bonchev–Trinajstić information content (AvgIpc) is 3.34. The van der Waals surface area contributed by atoms with Crippen molar-refractivity contribution in [1.82, 2.24) is 20.2 Å². The van der Waals surface area contributed by atoms with Gasteiger partial charge in [0, 0.05) is 29.2 Å². The molecule has 2 aromatic heterocycles. The van der Waals surface area contributed by atoms with Gasteiger partial charge in [-0.2, -0.15) is 0 Å². The van der Waals surface area contributed by atoms with Gasteiger partial charge >= 0.3 is 0 Å². The minimum absolute atomic E-state index is 0.117. The summed E-state index contributed by atoms with van der Waals surface area (Å²) >= 11 is 0. The first-order valence-electron chi connectivity index (χ1n) is 9.19. The summed E-state index contributed by atoms with van der Waals surface area (Å²) in [4.78, 5) is 12.7. The molecule has 0 atom stereocenters. The molecule has 0 bridgehead atoms. The number of nitrogens with one attached hydrogen (secondary N) is 1. The Morgan fingerprint density at radius 2 is 2.00 bits per heavy atom. The summed E-state index contributed by atoms with van der Waals surface area (Å²) in [6.45, 7) is 0. The number of aromatic nitrogens is 4. The molecule has 2 heterocycles. The lowest BCUT2D eigenvalue weighted by Gasteiger charge is -2.07. The lowest BCUT2D eigenvalue weighted by Crippen LogP contribution is -2.14. The fourth-order valence-electron chi connectivity index (χ4n) is 3.59. The Balaban J connectivity index is 1.42. The molecule has 5 aromatic rings. The highest BCUT2D eigenvalue weighted by atomic mass is 16.3. The second kappa shape index (κ2) is 6.87. The zero-order valence-corrected chi connectivity index (χ0v) is 15.7. The Morgan fingerprint density at radius 1 is 1.10 bits per heavy atom. The second-order valence-electron chi connectivity index (χ2n) is 6.85. The Bertz CT molecular complexity index is 1350. The molecule has 0 radical (unpaired) electrons. The van der Waals surface area contributed by atoms with Gasteiger partial charge in [-0.15, -0.1) is 5.10 Å². The first-order valence-corrected chi connectivity index (χ1v) is 9.19. The molecular weight excluding hydrogens is 366 g/mol. The van der Waals surface area contributed by atoms with E-state index in [0.717, 1.165) is 32.9 Å². The van der Waals surface area contributed by atoms with Crippen molar-refractivity contribution in [3.8, 4) is 11.4 Å². The molecule has 0 aliphatic rings. The van der Waals surface area contributed by atoms with Gasteiger partial charge in [-0.3, -0.25) is 4.79 Å². The highest BCUT2D eigenvalue weighted by Crippen LogP contribution is 2.30. The van der Waals surface area contributed by atoms with Crippen LogP contribution in [0.4, 0.5) is 5.69 Å². The van der Waals surface area contributed by atoms with E-state index in [1.807, 2.05) is 54.6 Å². The summed E-state index contributed by atoms with van der Waals surface area (Å²) in [7, 11) is 1.77. The fourth-order valence-corrected chi connectivity index (χ4v) is 3.59. The number of rotatable bonds is 4. The maximum atomic E-state index is 12.7. The van der Waals surface area contributed by atoms with Gasteiger partial charge in [0.1, 0.15) is 5.58 Å². The van der Waals surface area contributed by atoms with Gasteiger partial charge in [0.25, 0.3) is 0 Å². The van der Waals surface area contributed by atoms with E-state index in [-0.39, 0.29) is 12.3 Å². The van der Waals surface area contributed by atoms with Crippen molar-refractivity contribution in [1.29, 1.82) is 0 Å². The molecule has 0 aliphatic heterocycles. The smallest absolute Gasteiger partial charge is 0.228 e. The third-order valence-electron chi connectivity index (χ3n) is 4.92. The van der Waals surface area contributed by atoms with Gasteiger partial charge in [0.15, 0.2) is 5.82 Å². The van der Waals surface area contributed by atoms with E-state index < -0.39 is 0 Å². The topological polar surface area (TPSA) is 85.8 Å². The van der Waals surface area contributed by atoms with Crippen LogP contribution in [0.3, 0.4) is 0 Å². The van der Waals surface area contributed by atoms with E-state index in [2.05, 4.69) is 26.9 Å². The van der Waals surface area contributed by atoms with Crippen LogP contribution in [0, 0.1) is 0 Å². The average molecular weight is 383 g/mol. The Labute approximate surface area is 165 Å². The van der Waals surface area contributed by atoms with E-state index in [9.17, 15) is 4.79 Å². The van der Waals surface area contributed by atoms with Crippen LogP contribution in [0.15, 0.2) is 71.3 Å².